The van der Waals surface area contributed by atoms with Gasteiger partial charge in [-0.25, -0.2) is 4.39 Å². The van der Waals surface area contributed by atoms with Crippen molar-refractivity contribution >= 4 is 11.9 Å². The van der Waals surface area contributed by atoms with Crippen molar-refractivity contribution in [2.45, 2.75) is 33.2 Å². The third-order valence-corrected chi connectivity index (χ3v) is 6.00. The fourth-order valence-electron chi connectivity index (χ4n) is 3.99. The second-order valence-electron chi connectivity index (χ2n) is 9.21. The molecule has 1 saturated heterocycles. The van der Waals surface area contributed by atoms with E-state index in [1.165, 1.54) is 16.8 Å². The Morgan fingerprint density at radius 2 is 1.92 bits per heavy atom. The number of amides is 1. The van der Waals surface area contributed by atoms with Gasteiger partial charge in [0.25, 0.3) is 5.91 Å². The third kappa shape index (κ3) is 5.73. The van der Waals surface area contributed by atoms with Crippen LogP contribution in [0, 0.1) is 18.2 Å². The van der Waals surface area contributed by atoms with Crippen LogP contribution in [0.25, 0.3) is 5.69 Å². The van der Waals surface area contributed by atoms with Gasteiger partial charge in [-0.2, -0.15) is 9.78 Å². The molecule has 1 atom stereocenters. The average molecular weight is 496 g/mol. The van der Waals surface area contributed by atoms with E-state index in [4.69, 9.17) is 14.2 Å². The minimum Gasteiger partial charge on any atom is -0.477 e. The zero-order valence-electron chi connectivity index (χ0n) is 20.6. The number of hydrogen-bond acceptors (Lipinski definition) is 6. The lowest BCUT2D eigenvalue weighted by molar-refractivity contribution is -0.143. The molecule has 1 fully saturated rings. The van der Waals surface area contributed by atoms with Gasteiger partial charge in [0.15, 0.2) is 5.69 Å². The standard InChI is InChI=1S/C27H30FN3O5/c1-4-35-25(32)14-21(19-10-6-5-9-18(19)2)29-26(33)22-13-24(36-17-27(3)15-34-16-27)31(30-22)23-12-8-7-11-20(23)28/h5-13,21H,4,14-17H2,1-3H3,(H,29,33)/t21-/m0/s1. The van der Waals surface area contributed by atoms with Gasteiger partial charge in [0, 0.05) is 11.5 Å². The SMILES string of the molecule is CCOC(=O)C[C@H](NC(=O)c1cc(OCC2(C)COC2)n(-c2ccccc2F)n1)c1ccccc1C. The van der Waals surface area contributed by atoms with Crippen molar-refractivity contribution in [1.82, 2.24) is 15.1 Å². The topological polar surface area (TPSA) is 91.7 Å². The third-order valence-electron chi connectivity index (χ3n) is 6.00. The van der Waals surface area contributed by atoms with E-state index in [1.54, 1.807) is 25.1 Å². The van der Waals surface area contributed by atoms with Crippen molar-refractivity contribution in [3.05, 3.63) is 77.2 Å². The molecule has 2 aromatic carbocycles. The number of nitrogens with zero attached hydrogens (tertiary/aromatic N) is 2. The first-order valence-electron chi connectivity index (χ1n) is 11.9. The molecule has 0 saturated carbocycles. The van der Waals surface area contributed by atoms with Gasteiger partial charge >= 0.3 is 5.97 Å². The summed E-state index contributed by atoms with van der Waals surface area (Å²) >= 11 is 0. The predicted molar refractivity (Wildman–Crippen MR) is 131 cm³/mol. The lowest BCUT2D eigenvalue weighted by Crippen LogP contribution is -2.44. The van der Waals surface area contributed by atoms with Crippen LogP contribution in [0.5, 0.6) is 5.88 Å². The molecule has 0 spiro atoms. The second-order valence-corrected chi connectivity index (χ2v) is 9.21. The smallest absolute Gasteiger partial charge is 0.308 e. The Labute approximate surface area is 209 Å². The summed E-state index contributed by atoms with van der Waals surface area (Å²) in [7, 11) is 0. The molecule has 2 heterocycles. The van der Waals surface area contributed by atoms with E-state index < -0.39 is 23.7 Å². The van der Waals surface area contributed by atoms with Crippen molar-refractivity contribution in [3.63, 3.8) is 0 Å². The molecule has 1 amide bonds. The van der Waals surface area contributed by atoms with Crippen molar-refractivity contribution in [2.75, 3.05) is 26.4 Å². The van der Waals surface area contributed by atoms with Crippen molar-refractivity contribution in [2.24, 2.45) is 5.41 Å². The first-order chi connectivity index (χ1) is 17.3. The number of carbonyl (C=O) groups excluding carboxylic acids is 2. The van der Waals surface area contributed by atoms with Crippen LogP contribution in [-0.4, -0.2) is 48.1 Å². The van der Waals surface area contributed by atoms with E-state index in [0.29, 0.717) is 19.8 Å². The maximum absolute atomic E-state index is 14.6. The van der Waals surface area contributed by atoms with E-state index in [0.717, 1.165) is 11.1 Å². The van der Waals surface area contributed by atoms with E-state index in [-0.39, 0.29) is 35.7 Å². The number of benzene rings is 2. The number of hydrogen-bond donors (Lipinski definition) is 1. The van der Waals surface area contributed by atoms with E-state index in [9.17, 15) is 14.0 Å². The van der Waals surface area contributed by atoms with Gasteiger partial charge in [0.05, 0.1) is 38.9 Å². The summed E-state index contributed by atoms with van der Waals surface area (Å²) in [4.78, 5) is 25.6. The molecule has 0 bridgehead atoms. The predicted octanol–water partition coefficient (Wildman–Crippen LogP) is 4.16. The summed E-state index contributed by atoms with van der Waals surface area (Å²) in [6, 6.07) is 14.5. The minimum absolute atomic E-state index is 0.0331. The van der Waals surface area contributed by atoms with Crippen LogP contribution in [0.15, 0.2) is 54.6 Å². The lowest BCUT2D eigenvalue weighted by Gasteiger charge is -2.37. The molecule has 0 radical (unpaired) electrons. The Hall–Kier alpha value is -3.72. The summed E-state index contributed by atoms with van der Waals surface area (Å²) in [6.45, 7) is 7.33. The Morgan fingerprint density at radius 1 is 1.19 bits per heavy atom. The van der Waals surface area contributed by atoms with Gasteiger partial charge in [-0.15, -0.1) is 0 Å². The van der Waals surface area contributed by atoms with Gasteiger partial charge in [0.2, 0.25) is 5.88 Å². The van der Waals surface area contributed by atoms with Crippen molar-refractivity contribution in [1.29, 1.82) is 0 Å². The molecule has 1 aliphatic rings. The number of ether oxygens (including phenoxy) is 3. The van der Waals surface area contributed by atoms with Crippen LogP contribution in [0.1, 0.15) is 47.9 Å². The molecule has 8 nitrogen and oxygen atoms in total. The highest BCUT2D eigenvalue weighted by Crippen LogP contribution is 2.29. The van der Waals surface area contributed by atoms with Crippen molar-refractivity contribution < 1.29 is 28.2 Å². The maximum atomic E-state index is 14.6. The maximum Gasteiger partial charge on any atom is 0.308 e. The molecule has 36 heavy (non-hydrogen) atoms. The summed E-state index contributed by atoms with van der Waals surface area (Å²) < 4.78 is 32.3. The van der Waals surface area contributed by atoms with Gasteiger partial charge in [0.1, 0.15) is 11.5 Å². The summed E-state index contributed by atoms with van der Waals surface area (Å²) in [5.74, 6) is -1.22. The number of aryl methyl sites for hydroxylation is 1. The normalized spacial score (nSPS) is 15.0. The molecule has 9 heteroatoms. The number of rotatable bonds is 10. The van der Waals surface area contributed by atoms with Crippen LogP contribution < -0.4 is 10.1 Å². The van der Waals surface area contributed by atoms with Gasteiger partial charge < -0.3 is 19.5 Å². The highest BCUT2D eigenvalue weighted by atomic mass is 19.1. The monoisotopic (exact) mass is 495 g/mol. The Balaban J connectivity index is 1.63. The van der Waals surface area contributed by atoms with E-state index >= 15 is 0 Å². The Bertz CT molecular complexity index is 1240. The Kier molecular flexibility index (Phi) is 7.69. The molecule has 1 N–H and O–H groups in total. The van der Waals surface area contributed by atoms with Gasteiger partial charge in [-0.05, 0) is 37.1 Å². The molecule has 0 unspecified atom stereocenters. The van der Waals surface area contributed by atoms with Crippen LogP contribution in [0.3, 0.4) is 0 Å². The second kappa shape index (κ2) is 10.9. The van der Waals surface area contributed by atoms with Crippen molar-refractivity contribution in [3.8, 4) is 11.6 Å². The largest absolute Gasteiger partial charge is 0.477 e. The number of esters is 1. The van der Waals surface area contributed by atoms with Gasteiger partial charge in [-0.1, -0.05) is 43.3 Å². The quantitative estimate of drug-likeness (QED) is 0.425. The zero-order valence-corrected chi connectivity index (χ0v) is 20.6. The molecule has 3 aromatic rings. The van der Waals surface area contributed by atoms with Gasteiger partial charge in [-0.3, -0.25) is 9.59 Å². The summed E-state index contributed by atoms with van der Waals surface area (Å²) in [5.41, 5.74) is 1.74. The first kappa shape index (κ1) is 25.4. The Morgan fingerprint density at radius 3 is 2.58 bits per heavy atom. The van der Waals surface area contributed by atoms with E-state index in [1.807, 2.05) is 38.1 Å². The number of aromatic nitrogens is 2. The zero-order chi connectivity index (χ0) is 25.7. The van der Waals surface area contributed by atoms with Crippen LogP contribution in [0.2, 0.25) is 0 Å². The molecular formula is C27H30FN3O5. The molecule has 190 valence electrons. The summed E-state index contributed by atoms with van der Waals surface area (Å²) in [6.07, 6.45) is -0.0415. The first-order valence-corrected chi connectivity index (χ1v) is 11.9. The van der Waals surface area contributed by atoms with Crippen LogP contribution in [0.4, 0.5) is 4.39 Å². The number of halogens is 1. The summed E-state index contributed by atoms with van der Waals surface area (Å²) in [5, 5.41) is 7.26. The highest BCUT2D eigenvalue weighted by molar-refractivity contribution is 5.93. The molecule has 1 aromatic heterocycles. The van der Waals surface area contributed by atoms with Crippen LogP contribution in [-0.2, 0) is 14.3 Å². The number of para-hydroxylation sites is 1. The minimum atomic E-state index is -0.633. The molecule has 1 aliphatic heterocycles. The number of carbonyl (C=O) groups is 2. The fourth-order valence-corrected chi connectivity index (χ4v) is 3.99. The molecular weight excluding hydrogens is 465 g/mol. The molecule has 4 rings (SSSR count). The average Bonchev–Trinajstić information content (AvgIpc) is 3.26. The van der Waals surface area contributed by atoms with Crippen LogP contribution >= 0.6 is 0 Å². The molecule has 0 aliphatic carbocycles. The van der Waals surface area contributed by atoms with E-state index in [2.05, 4.69) is 10.4 Å². The number of nitrogens with one attached hydrogen (secondary N) is 1. The fraction of sp³-hybridized carbons (Fsp3) is 0.370. The highest BCUT2D eigenvalue weighted by Gasteiger charge is 2.35. The lowest BCUT2D eigenvalue weighted by atomic mass is 9.90.